The minimum absolute atomic E-state index is 0.174. The van der Waals surface area contributed by atoms with E-state index in [9.17, 15) is 9.59 Å². The Labute approximate surface area is 150 Å². The number of furan rings is 1. The number of hydrogen-bond acceptors (Lipinski definition) is 4. The Balaban J connectivity index is 2.00. The molecule has 6 heteroatoms. The molecule has 132 valence electrons. The van der Waals surface area contributed by atoms with Gasteiger partial charge in [-0.2, -0.15) is 0 Å². The number of ether oxygens (including phenoxy) is 1. The molecule has 0 unspecified atom stereocenters. The smallest absolute Gasteiger partial charge is 0.371 e. The quantitative estimate of drug-likeness (QED) is 0.719. The van der Waals surface area contributed by atoms with Gasteiger partial charge in [0, 0.05) is 17.2 Å². The Morgan fingerprint density at radius 2 is 1.85 bits per heavy atom. The van der Waals surface area contributed by atoms with Gasteiger partial charge in [-0.05, 0) is 42.8 Å². The van der Waals surface area contributed by atoms with E-state index in [1.807, 2.05) is 19.1 Å². The third-order valence-electron chi connectivity index (χ3n) is 3.95. The maximum absolute atomic E-state index is 12.7. The lowest BCUT2D eigenvalue weighted by molar-refractivity contribution is 0.0663. The van der Waals surface area contributed by atoms with Crippen LogP contribution in [-0.2, 0) is 0 Å². The van der Waals surface area contributed by atoms with Crippen LogP contribution in [0.3, 0.4) is 0 Å². The highest BCUT2D eigenvalue weighted by molar-refractivity contribution is 6.07. The summed E-state index contributed by atoms with van der Waals surface area (Å²) in [5, 5.41) is 11.9. The molecule has 0 aliphatic rings. The van der Waals surface area contributed by atoms with E-state index in [1.165, 1.54) is 13.2 Å². The van der Waals surface area contributed by atoms with Crippen LogP contribution in [-0.4, -0.2) is 24.1 Å². The van der Waals surface area contributed by atoms with Crippen LogP contribution in [0.25, 0.3) is 11.3 Å². The minimum Gasteiger partial charge on any atom is -0.497 e. The van der Waals surface area contributed by atoms with Crippen LogP contribution in [0.2, 0.25) is 0 Å². The number of aryl methyl sites for hydroxylation is 1. The number of methoxy groups -OCH3 is 1. The van der Waals surface area contributed by atoms with Crippen LogP contribution in [0, 0.1) is 6.92 Å². The Bertz CT molecular complexity index is 974. The standard InChI is InChI=1S/C20H17NO5/c1-12-5-3-4-6-14(12)19(22)21-16-11-13(25-2)7-8-15(16)17-9-10-18(26-17)20(23)24/h3-11H,1-2H3,(H,21,22)(H,23,24). The summed E-state index contributed by atoms with van der Waals surface area (Å²) in [7, 11) is 1.53. The number of rotatable bonds is 5. The van der Waals surface area contributed by atoms with E-state index in [1.54, 1.807) is 36.4 Å². The number of anilines is 1. The molecule has 6 nitrogen and oxygen atoms in total. The van der Waals surface area contributed by atoms with Crippen LogP contribution in [0.1, 0.15) is 26.5 Å². The number of hydrogen-bond donors (Lipinski definition) is 2. The fraction of sp³-hybridized carbons (Fsp3) is 0.100. The molecule has 2 N–H and O–H groups in total. The number of benzene rings is 2. The molecule has 0 aliphatic heterocycles. The topological polar surface area (TPSA) is 88.8 Å². The number of amides is 1. The summed E-state index contributed by atoms with van der Waals surface area (Å²) in [5.41, 5.74) is 2.41. The highest BCUT2D eigenvalue weighted by Gasteiger charge is 2.17. The van der Waals surface area contributed by atoms with Gasteiger partial charge >= 0.3 is 5.97 Å². The Hall–Kier alpha value is -3.54. The first-order valence-electron chi connectivity index (χ1n) is 7.88. The van der Waals surface area contributed by atoms with E-state index in [-0.39, 0.29) is 11.7 Å². The Morgan fingerprint density at radius 3 is 2.50 bits per heavy atom. The molecule has 0 spiro atoms. The third-order valence-corrected chi connectivity index (χ3v) is 3.95. The van der Waals surface area contributed by atoms with Gasteiger partial charge in [0.2, 0.25) is 5.76 Å². The van der Waals surface area contributed by atoms with Gasteiger partial charge < -0.3 is 19.6 Å². The zero-order valence-corrected chi connectivity index (χ0v) is 14.3. The lowest BCUT2D eigenvalue weighted by Crippen LogP contribution is -2.14. The zero-order chi connectivity index (χ0) is 18.7. The predicted molar refractivity (Wildman–Crippen MR) is 96.8 cm³/mol. The fourth-order valence-electron chi connectivity index (χ4n) is 2.58. The number of carbonyl (C=O) groups is 2. The summed E-state index contributed by atoms with van der Waals surface area (Å²) in [6.07, 6.45) is 0. The average molecular weight is 351 g/mol. The van der Waals surface area contributed by atoms with Crippen molar-refractivity contribution in [1.82, 2.24) is 0 Å². The number of carbonyl (C=O) groups excluding carboxylic acids is 1. The second-order valence-electron chi connectivity index (χ2n) is 5.65. The Kier molecular flexibility index (Phi) is 4.75. The lowest BCUT2D eigenvalue weighted by Gasteiger charge is -2.12. The number of carboxylic acids is 1. The SMILES string of the molecule is COc1ccc(-c2ccc(C(=O)O)o2)c(NC(=O)c2ccccc2C)c1. The normalized spacial score (nSPS) is 10.4. The molecule has 0 atom stereocenters. The van der Waals surface area contributed by atoms with Crippen molar-refractivity contribution in [3.8, 4) is 17.1 Å². The van der Waals surface area contributed by atoms with Crippen molar-refractivity contribution in [3.05, 3.63) is 71.5 Å². The molecular formula is C20H17NO5. The molecule has 1 aromatic heterocycles. The van der Waals surface area contributed by atoms with Gasteiger partial charge in [-0.3, -0.25) is 4.79 Å². The van der Waals surface area contributed by atoms with Crippen molar-refractivity contribution < 1.29 is 23.8 Å². The summed E-state index contributed by atoms with van der Waals surface area (Å²) in [5.74, 6) is -0.714. The van der Waals surface area contributed by atoms with Gasteiger partial charge in [0.05, 0.1) is 12.8 Å². The highest BCUT2D eigenvalue weighted by atomic mass is 16.5. The third kappa shape index (κ3) is 3.44. The number of nitrogens with one attached hydrogen (secondary N) is 1. The largest absolute Gasteiger partial charge is 0.497 e. The Morgan fingerprint density at radius 1 is 1.08 bits per heavy atom. The molecule has 3 aromatic rings. The van der Waals surface area contributed by atoms with Crippen molar-refractivity contribution in [1.29, 1.82) is 0 Å². The van der Waals surface area contributed by atoms with Crippen LogP contribution >= 0.6 is 0 Å². The van der Waals surface area contributed by atoms with Crippen molar-refractivity contribution in [2.45, 2.75) is 6.92 Å². The van der Waals surface area contributed by atoms with Crippen molar-refractivity contribution in [2.24, 2.45) is 0 Å². The van der Waals surface area contributed by atoms with Crippen LogP contribution in [0.4, 0.5) is 5.69 Å². The summed E-state index contributed by atoms with van der Waals surface area (Å²) < 4.78 is 10.6. The summed E-state index contributed by atoms with van der Waals surface area (Å²) in [4.78, 5) is 23.7. The molecular weight excluding hydrogens is 334 g/mol. The molecule has 1 heterocycles. The van der Waals surface area contributed by atoms with E-state index in [4.69, 9.17) is 14.3 Å². The maximum Gasteiger partial charge on any atom is 0.371 e. The van der Waals surface area contributed by atoms with Crippen LogP contribution in [0.15, 0.2) is 59.0 Å². The first kappa shape index (κ1) is 17.3. The van der Waals surface area contributed by atoms with E-state index in [0.717, 1.165) is 5.56 Å². The van der Waals surface area contributed by atoms with E-state index in [2.05, 4.69) is 5.32 Å². The molecule has 1 amide bonds. The van der Waals surface area contributed by atoms with Crippen LogP contribution in [0.5, 0.6) is 5.75 Å². The van der Waals surface area contributed by atoms with E-state index < -0.39 is 5.97 Å². The van der Waals surface area contributed by atoms with Gasteiger partial charge in [0.1, 0.15) is 11.5 Å². The summed E-state index contributed by atoms with van der Waals surface area (Å²) in [6.45, 7) is 1.85. The van der Waals surface area contributed by atoms with Crippen LogP contribution < -0.4 is 10.1 Å². The summed E-state index contributed by atoms with van der Waals surface area (Å²) in [6, 6.07) is 15.2. The van der Waals surface area contributed by atoms with Gasteiger partial charge in [-0.15, -0.1) is 0 Å². The minimum atomic E-state index is -1.16. The summed E-state index contributed by atoms with van der Waals surface area (Å²) >= 11 is 0. The number of carboxylic acid groups (broad SMARTS) is 1. The van der Waals surface area contributed by atoms with Gasteiger partial charge in [-0.25, -0.2) is 4.79 Å². The lowest BCUT2D eigenvalue weighted by atomic mass is 10.1. The zero-order valence-electron chi connectivity index (χ0n) is 14.3. The van der Waals surface area contributed by atoms with E-state index in [0.29, 0.717) is 28.3 Å². The maximum atomic E-state index is 12.7. The molecule has 0 aliphatic carbocycles. The number of aromatic carboxylic acids is 1. The molecule has 0 saturated heterocycles. The molecule has 2 aromatic carbocycles. The highest BCUT2D eigenvalue weighted by Crippen LogP contribution is 2.33. The fourth-order valence-corrected chi connectivity index (χ4v) is 2.58. The molecule has 0 radical (unpaired) electrons. The van der Waals surface area contributed by atoms with Gasteiger partial charge in [0.15, 0.2) is 0 Å². The first-order valence-corrected chi connectivity index (χ1v) is 7.88. The second kappa shape index (κ2) is 7.14. The average Bonchev–Trinajstić information content (AvgIpc) is 3.12. The monoisotopic (exact) mass is 351 g/mol. The molecule has 0 saturated carbocycles. The molecule has 26 heavy (non-hydrogen) atoms. The van der Waals surface area contributed by atoms with Crippen molar-refractivity contribution in [3.63, 3.8) is 0 Å². The first-order chi connectivity index (χ1) is 12.5. The second-order valence-corrected chi connectivity index (χ2v) is 5.65. The predicted octanol–water partition coefficient (Wildman–Crippen LogP) is 4.21. The van der Waals surface area contributed by atoms with Crippen molar-refractivity contribution >= 4 is 17.6 Å². The molecule has 0 fully saturated rings. The van der Waals surface area contributed by atoms with Gasteiger partial charge in [0.25, 0.3) is 5.91 Å². The van der Waals surface area contributed by atoms with Gasteiger partial charge in [-0.1, -0.05) is 18.2 Å². The van der Waals surface area contributed by atoms with Crippen molar-refractivity contribution in [2.75, 3.05) is 12.4 Å². The van der Waals surface area contributed by atoms with E-state index >= 15 is 0 Å². The molecule has 0 bridgehead atoms. The molecule has 3 rings (SSSR count).